The van der Waals surface area contributed by atoms with E-state index in [-0.39, 0.29) is 17.6 Å². The first-order valence-electron chi connectivity index (χ1n) is 8.86. The zero-order valence-corrected chi connectivity index (χ0v) is 16.2. The lowest BCUT2D eigenvalue weighted by molar-refractivity contribution is -0.117. The largest absolute Gasteiger partial charge is 0.312 e. The normalized spacial score (nSPS) is 14.1. The summed E-state index contributed by atoms with van der Waals surface area (Å²) in [6.07, 6.45) is 4.57. The highest BCUT2D eigenvalue weighted by atomic mass is 32.1. The molecule has 3 rings (SSSR count). The van der Waals surface area contributed by atoms with Crippen LogP contribution in [0, 0.1) is 0 Å². The molecule has 0 bridgehead atoms. The van der Waals surface area contributed by atoms with Gasteiger partial charge in [-0.25, -0.2) is 4.98 Å². The summed E-state index contributed by atoms with van der Waals surface area (Å²) >= 11 is 1.37. The van der Waals surface area contributed by atoms with Crippen LogP contribution >= 0.6 is 11.3 Å². The topological polar surface area (TPSA) is 70.6 Å². The van der Waals surface area contributed by atoms with Gasteiger partial charge < -0.3 is 4.90 Å². The van der Waals surface area contributed by atoms with Crippen molar-refractivity contribution in [3.05, 3.63) is 47.0 Å². The number of nitrogens with zero attached hydrogens (tertiary/aromatic N) is 3. The van der Waals surface area contributed by atoms with E-state index in [4.69, 9.17) is 0 Å². The number of hydrogen-bond acceptors (Lipinski definition) is 5. The monoisotopic (exact) mass is 383 g/mol. The van der Waals surface area contributed by atoms with Crippen molar-refractivity contribution >= 4 is 45.8 Å². The molecule has 1 aromatic heterocycles. The second-order valence-corrected chi connectivity index (χ2v) is 7.05. The van der Waals surface area contributed by atoms with E-state index in [0.717, 1.165) is 18.7 Å². The Labute approximate surface area is 162 Å². The molecular weight excluding hydrogens is 362 g/mol. The Morgan fingerprint density at radius 1 is 1.30 bits per heavy atom. The van der Waals surface area contributed by atoms with Crippen molar-refractivity contribution in [2.75, 3.05) is 22.9 Å². The van der Waals surface area contributed by atoms with Crippen LogP contribution in [-0.2, 0) is 9.59 Å². The van der Waals surface area contributed by atoms with Gasteiger partial charge in [0.15, 0.2) is 10.9 Å². The maximum Gasteiger partial charge on any atom is 0.227 e. The minimum atomic E-state index is -0.136. The fourth-order valence-electron chi connectivity index (χ4n) is 2.95. The molecule has 2 aromatic rings. The van der Waals surface area contributed by atoms with Crippen molar-refractivity contribution in [2.45, 2.75) is 26.7 Å². The molecule has 2 amide bonds. The Bertz CT molecular complexity index is 886. The highest BCUT2D eigenvalue weighted by Gasteiger charge is 2.21. The number of benzene rings is 1. The summed E-state index contributed by atoms with van der Waals surface area (Å²) in [6.45, 7) is 4.68. The molecule has 1 aliphatic heterocycles. The van der Waals surface area contributed by atoms with Gasteiger partial charge in [-0.1, -0.05) is 0 Å². The highest BCUT2D eigenvalue weighted by Crippen LogP contribution is 2.23. The first-order valence-corrected chi connectivity index (χ1v) is 9.74. The van der Waals surface area contributed by atoms with Gasteiger partial charge in [-0.15, -0.1) is 11.3 Å². The molecule has 1 fully saturated rings. The second-order valence-electron chi connectivity index (χ2n) is 6.21. The van der Waals surface area contributed by atoms with Gasteiger partial charge in [0.1, 0.15) is 0 Å². The van der Waals surface area contributed by atoms with Crippen LogP contribution in [0.15, 0.2) is 35.7 Å². The van der Waals surface area contributed by atoms with Crippen molar-refractivity contribution in [3.63, 3.8) is 0 Å². The van der Waals surface area contributed by atoms with E-state index in [9.17, 15) is 14.4 Å². The molecule has 0 atom stereocenters. The summed E-state index contributed by atoms with van der Waals surface area (Å²) in [5.41, 5.74) is 2.02. The summed E-state index contributed by atoms with van der Waals surface area (Å²) < 4.78 is 0. The van der Waals surface area contributed by atoms with Crippen molar-refractivity contribution in [1.82, 2.24) is 4.98 Å². The molecule has 2 heterocycles. The van der Waals surface area contributed by atoms with Gasteiger partial charge >= 0.3 is 0 Å². The zero-order chi connectivity index (χ0) is 19.4. The molecule has 6 nitrogen and oxygen atoms in total. The molecule has 0 aliphatic carbocycles. The maximum atomic E-state index is 12.4. The molecule has 0 saturated carbocycles. The predicted molar refractivity (Wildman–Crippen MR) is 107 cm³/mol. The number of aromatic nitrogens is 1. The Morgan fingerprint density at radius 2 is 2.04 bits per heavy atom. The van der Waals surface area contributed by atoms with Gasteiger partial charge in [-0.3, -0.25) is 19.3 Å². The van der Waals surface area contributed by atoms with Crippen LogP contribution in [0.25, 0.3) is 6.08 Å². The Balaban J connectivity index is 1.67. The van der Waals surface area contributed by atoms with E-state index >= 15 is 0 Å². The lowest BCUT2D eigenvalue weighted by atomic mass is 10.1. The number of ketones is 1. The quantitative estimate of drug-likeness (QED) is 0.565. The molecule has 1 saturated heterocycles. The highest BCUT2D eigenvalue weighted by molar-refractivity contribution is 7.14. The van der Waals surface area contributed by atoms with Crippen LogP contribution in [-0.4, -0.2) is 35.7 Å². The molecule has 7 heteroatoms. The molecular formula is C20H21N3O3S. The molecule has 1 aliphatic rings. The zero-order valence-electron chi connectivity index (χ0n) is 15.3. The summed E-state index contributed by atoms with van der Waals surface area (Å²) in [7, 11) is 0. The summed E-state index contributed by atoms with van der Waals surface area (Å²) in [6, 6.07) is 7.07. The number of rotatable bonds is 6. The lowest BCUT2D eigenvalue weighted by Crippen LogP contribution is -2.27. The predicted octanol–water partition coefficient (Wildman–Crippen LogP) is 3.54. The molecule has 0 radical (unpaired) electrons. The van der Waals surface area contributed by atoms with Gasteiger partial charge in [0.25, 0.3) is 0 Å². The number of anilines is 2. The maximum absolute atomic E-state index is 12.4. The summed E-state index contributed by atoms with van der Waals surface area (Å²) in [5.74, 6) is -0.0715. The Morgan fingerprint density at radius 3 is 2.63 bits per heavy atom. The number of hydrogen-bond donors (Lipinski definition) is 0. The van der Waals surface area contributed by atoms with Crippen LogP contribution in [0.5, 0.6) is 0 Å². The van der Waals surface area contributed by atoms with E-state index < -0.39 is 0 Å². The molecule has 0 unspecified atom stereocenters. The standard InChI is InChI=1S/C20H21N3O3S/c1-3-22(14(2)24)20-21-16(13-27-20)8-11-18(25)15-6-9-17(10-7-15)23-12-4-5-19(23)26/h6-11,13H,3-5,12H2,1-2H3/b11-8+. The van der Waals surface area contributed by atoms with E-state index in [1.165, 1.54) is 24.3 Å². The van der Waals surface area contributed by atoms with Crippen molar-refractivity contribution in [1.29, 1.82) is 0 Å². The molecule has 0 spiro atoms. The van der Waals surface area contributed by atoms with E-state index in [0.29, 0.717) is 29.4 Å². The molecule has 1 aromatic carbocycles. The number of amides is 2. The fourth-order valence-corrected chi connectivity index (χ4v) is 3.85. The van der Waals surface area contributed by atoms with E-state index in [2.05, 4.69) is 4.98 Å². The van der Waals surface area contributed by atoms with E-state index in [1.807, 2.05) is 12.3 Å². The SMILES string of the molecule is CCN(C(C)=O)c1nc(/C=C/C(=O)c2ccc(N3CCCC3=O)cc2)cs1. The summed E-state index contributed by atoms with van der Waals surface area (Å²) in [5, 5.41) is 2.43. The Hall–Kier alpha value is -2.80. The summed E-state index contributed by atoms with van der Waals surface area (Å²) in [4.78, 5) is 43.4. The minimum Gasteiger partial charge on any atom is -0.312 e. The van der Waals surface area contributed by atoms with Crippen molar-refractivity contribution in [3.8, 4) is 0 Å². The molecule has 140 valence electrons. The number of carbonyl (C=O) groups excluding carboxylic acids is 3. The third-order valence-electron chi connectivity index (χ3n) is 4.38. The smallest absolute Gasteiger partial charge is 0.227 e. The van der Waals surface area contributed by atoms with Crippen LogP contribution in [0.4, 0.5) is 10.8 Å². The van der Waals surface area contributed by atoms with Gasteiger partial charge in [0.2, 0.25) is 11.8 Å². The number of allylic oxidation sites excluding steroid dienone is 1. The van der Waals surface area contributed by atoms with Gasteiger partial charge in [0.05, 0.1) is 5.69 Å². The molecule has 27 heavy (non-hydrogen) atoms. The second kappa shape index (κ2) is 8.26. The molecule has 0 N–H and O–H groups in total. The van der Waals surface area contributed by atoms with Crippen LogP contribution in [0.1, 0.15) is 42.7 Å². The average molecular weight is 383 g/mol. The van der Waals surface area contributed by atoms with Crippen LogP contribution < -0.4 is 9.80 Å². The van der Waals surface area contributed by atoms with Gasteiger partial charge in [0, 0.05) is 43.1 Å². The van der Waals surface area contributed by atoms with Crippen molar-refractivity contribution < 1.29 is 14.4 Å². The fraction of sp³-hybridized carbons (Fsp3) is 0.300. The minimum absolute atomic E-state index is 0.0602. The Kier molecular flexibility index (Phi) is 5.81. The number of carbonyl (C=O) groups is 3. The third-order valence-corrected chi connectivity index (χ3v) is 5.26. The van der Waals surface area contributed by atoms with Crippen LogP contribution in [0.3, 0.4) is 0 Å². The first-order chi connectivity index (χ1) is 13.0. The average Bonchev–Trinajstić information content (AvgIpc) is 3.29. The van der Waals surface area contributed by atoms with Gasteiger partial charge in [-0.2, -0.15) is 0 Å². The van der Waals surface area contributed by atoms with E-state index in [1.54, 1.807) is 40.1 Å². The third kappa shape index (κ3) is 4.31. The van der Waals surface area contributed by atoms with Crippen molar-refractivity contribution in [2.24, 2.45) is 0 Å². The van der Waals surface area contributed by atoms with Gasteiger partial charge in [-0.05, 0) is 49.8 Å². The lowest BCUT2D eigenvalue weighted by Gasteiger charge is -2.15. The first kappa shape index (κ1) is 19.0. The van der Waals surface area contributed by atoms with Crippen LogP contribution in [0.2, 0.25) is 0 Å². The number of thiazole rings is 1.